The number of aromatic nitrogens is 2. The van der Waals surface area contributed by atoms with Crippen LogP contribution in [0.5, 0.6) is 0 Å². The summed E-state index contributed by atoms with van der Waals surface area (Å²) in [6.45, 7) is 3.84. The first kappa shape index (κ1) is 15.5. The van der Waals surface area contributed by atoms with Crippen LogP contribution < -0.4 is 5.32 Å². The van der Waals surface area contributed by atoms with Gasteiger partial charge in [0.15, 0.2) is 0 Å². The van der Waals surface area contributed by atoms with Crippen LogP contribution in [-0.4, -0.2) is 41.4 Å². The Morgan fingerprint density at radius 2 is 2.04 bits per heavy atom. The van der Waals surface area contributed by atoms with Gasteiger partial charge in [0.25, 0.3) is 0 Å². The van der Waals surface area contributed by atoms with E-state index in [9.17, 15) is 5.11 Å². The number of aliphatic hydroxyl groups is 1. The molecule has 0 radical (unpaired) electrons. The van der Waals surface area contributed by atoms with Crippen LogP contribution in [0, 0.1) is 12.3 Å². The molecule has 1 fully saturated rings. The number of fused-ring (bicyclic) bond motifs is 1. The molecule has 1 saturated heterocycles. The molecule has 5 nitrogen and oxygen atoms in total. The molecular formula is C18H19N3O2S. The lowest BCUT2D eigenvalue weighted by Crippen LogP contribution is -2.50. The maximum Gasteiger partial charge on any atom is 0.138 e. The maximum absolute atomic E-state index is 9.58. The average molecular weight is 341 g/mol. The minimum absolute atomic E-state index is 0.117. The summed E-state index contributed by atoms with van der Waals surface area (Å²) >= 11 is 1.67. The minimum atomic E-state index is -0.191. The van der Waals surface area contributed by atoms with Crippen molar-refractivity contribution in [3.8, 4) is 10.4 Å². The molecule has 0 aliphatic carbocycles. The van der Waals surface area contributed by atoms with E-state index in [1.165, 1.54) is 10.4 Å². The highest BCUT2D eigenvalue weighted by Crippen LogP contribution is 2.36. The van der Waals surface area contributed by atoms with Gasteiger partial charge in [0.1, 0.15) is 16.5 Å². The van der Waals surface area contributed by atoms with E-state index in [1.54, 1.807) is 11.3 Å². The molecule has 0 bridgehead atoms. The second-order valence-electron chi connectivity index (χ2n) is 6.32. The van der Waals surface area contributed by atoms with Crippen molar-refractivity contribution >= 4 is 27.4 Å². The number of aliphatic hydroxyl groups excluding tert-OH is 1. The van der Waals surface area contributed by atoms with Crippen molar-refractivity contribution in [2.45, 2.75) is 6.92 Å². The summed E-state index contributed by atoms with van der Waals surface area (Å²) in [5.41, 5.74) is 0.993. The normalized spacial score (nSPS) is 16.1. The van der Waals surface area contributed by atoms with Gasteiger partial charge in [0, 0.05) is 11.4 Å². The van der Waals surface area contributed by atoms with Crippen LogP contribution in [0.15, 0.2) is 36.4 Å². The van der Waals surface area contributed by atoms with Crippen LogP contribution in [0.4, 0.5) is 5.82 Å². The lowest BCUT2D eigenvalue weighted by molar-refractivity contribution is -0.128. The zero-order chi connectivity index (χ0) is 16.6. The number of rotatable bonds is 5. The number of benzene rings is 1. The second kappa shape index (κ2) is 6.12. The van der Waals surface area contributed by atoms with Crippen LogP contribution in [0.1, 0.15) is 5.82 Å². The van der Waals surface area contributed by atoms with Crippen molar-refractivity contribution in [3.05, 3.63) is 42.2 Å². The van der Waals surface area contributed by atoms with Crippen molar-refractivity contribution in [3.63, 3.8) is 0 Å². The number of ether oxygens (including phenoxy) is 1. The highest BCUT2D eigenvalue weighted by molar-refractivity contribution is 7.21. The van der Waals surface area contributed by atoms with Gasteiger partial charge in [-0.25, -0.2) is 9.97 Å². The molecule has 124 valence electrons. The van der Waals surface area contributed by atoms with E-state index in [4.69, 9.17) is 4.74 Å². The number of hydrogen-bond donors (Lipinski definition) is 2. The van der Waals surface area contributed by atoms with Crippen molar-refractivity contribution < 1.29 is 9.84 Å². The monoisotopic (exact) mass is 341 g/mol. The minimum Gasteiger partial charge on any atom is -0.396 e. The van der Waals surface area contributed by atoms with Crippen LogP contribution in [0.3, 0.4) is 0 Å². The van der Waals surface area contributed by atoms with E-state index < -0.39 is 0 Å². The summed E-state index contributed by atoms with van der Waals surface area (Å²) in [6.07, 6.45) is 0. The Bertz CT molecular complexity index is 854. The van der Waals surface area contributed by atoms with Crippen molar-refractivity contribution in [1.29, 1.82) is 0 Å². The molecule has 1 aliphatic heterocycles. The van der Waals surface area contributed by atoms with Crippen LogP contribution >= 0.6 is 11.3 Å². The highest BCUT2D eigenvalue weighted by atomic mass is 32.1. The van der Waals surface area contributed by atoms with Gasteiger partial charge in [-0.05, 0) is 18.6 Å². The standard InChI is InChI=1S/C18H19N3O2S/c1-12-20-16(19-8-18(9-22)10-23-11-18)14-7-15(24-17(14)21-12)13-5-3-2-4-6-13/h2-7,22H,8-11H2,1H3,(H,19,20,21). The van der Waals surface area contributed by atoms with Crippen LogP contribution in [0.2, 0.25) is 0 Å². The molecular weight excluding hydrogens is 322 g/mol. The van der Waals surface area contributed by atoms with Crippen molar-refractivity contribution in [1.82, 2.24) is 9.97 Å². The maximum atomic E-state index is 9.58. The van der Waals surface area contributed by atoms with E-state index in [0.717, 1.165) is 21.9 Å². The fourth-order valence-corrected chi connectivity index (χ4v) is 3.90. The summed E-state index contributed by atoms with van der Waals surface area (Å²) in [5, 5.41) is 14.0. The quantitative estimate of drug-likeness (QED) is 0.746. The van der Waals surface area contributed by atoms with Gasteiger partial charge >= 0.3 is 0 Å². The second-order valence-corrected chi connectivity index (χ2v) is 7.35. The lowest BCUT2D eigenvalue weighted by atomic mass is 9.87. The zero-order valence-corrected chi connectivity index (χ0v) is 14.3. The number of nitrogens with one attached hydrogen (secondary N) is 1. The van der Waals surface area contributed by atoms with E-state index in [-0.39, 0.29) is 12.0 Å². The topological polar surface area (TPSA) is 67.3 Å². The third-order valence-electron chi connectivity index (χ3n) is 4.35. The summed E-state index contributed by atoms with van der Waals surface area (Å²) in [7, 11) is 0. The average Bonchev–Trinajstić information content (AvgIpc) is 2.99. The van der Waals surface area contributed by atoms with Crippen molar-refractivity contribution in [2.75, 3.05) is 31.7 Å². The molecule has 1 aliphatic rings. The molecule has 4 rings (SSSR count). The number of nitrogens with zero attached hydrogens (tertiary/aromatic N) is 2. The Morgan fingerprint density at radius 1 is 1.25 bits per heavy atom. The first-order valence-electron chi connectivity index (χ1n) is 7.95. The van der Waals surface area contributed by atoms with Crippen LogP contribution in [-0.2, 0) is 4.74 Å². The fourth-order valence-electron chi connectivity index (χ4n) is 2.82. The molecule has 6 heteroatoms. The molecule has 0 amide bonds. The third kappa shape index (κ3) is 2.77. The molecule has 0 atom stereocenters. The van der Waals surface area contributed by atoms with E-state index >= 15 is 0 Å². The fraction of sp³-hybridized carbons (Fsp3) is 0.333. The first-order chi connectivity index (χ1) is 11.7. The largest absolute Gasteiger partial charge is 0.396 e. The van der Waals surface area contributed by atoms with Gasteiger partial charge in [0.2, 0.25) is 0 Å². The summed E-state index contributed by atoms with van der Waals surface area (Å²) < 4.78 is 5.26. The number of aryl methyl sites for hydroxylation is 1. The molecule has 2 aromatic heterocycles. The molecule has 0 unspecified atom stereocenters. The predicted molar refractivity (Wildman–Crippen MR) is 96.4 cm³/mol. The van der Waals surface area contributed by atoms with Crippen molar-refractivity contribution in [2.24, 2.45) is 5.41 Å². The Hall–Kier alpha value is -2.02. The first-order valence-corrected chi connectivity index (χ1v) is 8.77. The van der Waals surface area contributed by atoms with E-state index in [1.807, 2.05) is 25.1 Å². The van der Waals surface area contributed by atoms with Crippen LogP contribution in [0.25, 0.3) is 20.7 Å². The molecule has 3 aromatic rings. The summed E-state index contributed by atoms with van der Waals surface area (Å²) in [6, 6.07) is 12.4. The van der Waals surface area contributed by atoms with Gasteiger partial charge in [-0.15, -0.1) is 11.3 Å². The molecule has 1 aromatic carbocycles. The zero-order valence-electron chi connectivity index (χ0n) is 13.5. The highest BCUT2D eigenvalue weighted by Gasteiger charge is 2.38. The molecule has 0 spiro atoms. The lowest BCUT2D eigenvalue weighted by Gasteiger charge is -2.40. The SMILES string of the molecule is Cc1nc(NCC2(CO)COC2)c2cc(-c3ccccc3)sc2n1. The van der Waals surface area contributed by atoms with Gasteiger partial charge in [0.05, 0.1) is 30.6 Å². The van der Waals surface area contributed by atoms with Gasteiger partial charge in [-0.3, -0.25) is 0 Å². The summed E-state index contributed by atoms with van der Waals surface area (Å²) in [4.78, 5) is 11.3. The smallest absolute Gasteiger partial charge is 0.138 e. The summed E-state index contributed by atoms with van der Waals surface area (Å²) in [5.74, 6) is 1.57. The molecule has 2 N–H and O–H groups in total. The molecule has 3 heterocycles. The third-order valence-corrected chi connectivity index (χ3v) is 5.42. The van der Waals surface area contributed by atoms with Gasteiger partial charge in [-0.2, -0.15) is 0 Å². The Kier molecular flexibility index (Phi) is 3.96. The van der Waals surface area contributed by atoms with E-state index in [0.29, 0.717) is 19.8 Å². The van der Waals surface area contributed by atoms with E-state index in [2.05, 4.69) is 33.5 Å². The number of thiophene rings is 1. The molecule has 0 saturated carbocycles. The number of anilines is 1. The predicted octanol–water partition coefficient (Wildman–Crippen LogP) is 3.09. The Morgan fingerprint density at radius 3 is 2.71 bits per heavy atom. The Labute approximate surface area is 144 Å². The molecule has 24 heavy (non-hydrogen) atoms. The van der Waals surface area contributed by atoms with Gasteiger partial charge < -0.3 is 15.2 Å². The number of hydrogen-bond acceptors (Lipinski definition) is 6. The Balaban J connectivity index is 1.68. The van der Waals surface area contributed by atoms with Gasteiger partial charge in [-0.1, -0.05) is 30.3 Å².